The molecule has 0 aromatic carbocycles. The first-order chi connectivity index (χ1) is 7.93. The monoisotopic (exact) mass is 241 g/mol. The van der Waals surface area contributed by atoms with Crippen LogP contribution in [-0.4, -0.2) is 9.55 Å². The van der Waals surface area contributed by atoms with Crippen molar-refractivity contribution in [3.63, 3.8) is 0 Å². The van der Waals surface area contributed by atoms with E-state index in [0.717, 1.165) is 12.3 Å². The van der Waals surface area contributed by atoms with Crippen LogP contribution in [0.25, 0.3) is 0 Å². The zero-order valence-electron chi connectivity index (χ0n) is 8.99. The molecule has 0 bridgehead atoms. The molecule has 2 aromatic heterocycles. The Morgan fingerprint density at radius 2 is 2.06 bits per heavy atom. The third-order valence-corrected chi connectivity index (χ3v) is 1.88. The number of nitriles is 1. The van der Waals surface area contributed by atoms with E-state index in [1.165, 1.54) is 10.8 Å². The standard InChI is InChI=1S/C6H6F3N.C5H4N2/c1-10-3-2-5(4-10)6(7,8)9;6-4-5-2-1-3-7-5/h2-4H,1H3;1-3,7H. The largest absolute Gasteiger partial charge is 0.417 e. The van der Waals surface area contributed by atoms with Crippen LogP contribution in [0, 0.1) is 11.3 Å². The highest BCUT2D eigenvalue weighted by Crippen LogP contribution is 2.28. The molecule has 0 aliphatic carbocycles. The number of halogens is 3. The molecule has 0 amide bonds. The molecule has 0 unspecified atom stereocenters. The van der Waals surface area contributed by atoms with Crippen LogP contribution in [0.1, 0.15) is 11.3 Å². The number of nitrogens with one attached hydrogen (secondary N) is 1. The van der Waals surface area contributed by atoms with Crippen molar-refractivity contribution in [3.8, 4) is 6.07 Å². The van der Waals surface area contributed by atoms with Gasteiger partial charge in [-0.1, -0.05) is 0 Å². The molecule has 1 N–H and O–H groups in total. The second kappa shape index (κ2) is 5.25. The van der Waals surface area contributed by atoms with Gasteiger partial charge in [0.1, 0.15) is 11.8 Å². The Kier molecular flexibility index (Phi) is 3.99. The number of alkyl halides is 3. The maximum Gasteiger partial charge on any atom is 0.417 e. The number of hydrogen-bond donors (Lipinski definition) is 1. The van der Waals surface area contributed by atoms with Crippen LogP contribution in [0.5, 0.6) is 0 Å². The van der Waals surface area contributed by atoms with Crippen molar-refractivity contribution in [1.82, 2.24) is 9.55 Å². The van der Waals surface area contributed by atoms with Crippen LogP contribution in [-0.2, 0) is 13.2 Å². The summed E-state index contributed by atoms with van der Waals surface area (Å²) in [6.45, 7) is 0. The Morgan fingerprint density at radius 1 is 1.35 bits per heavy atom. The maximum absolute atomic E-state index is 11.8. The zero-order chi connectivity index (χ0) is 12.9. The first-order valence-electron chi connectivity index (χ1n) is 4.66. The van der Waals surface area contributed by atoms with Gasteiger partial charge in [-0.25, -0.2) is 0 Å². The second-order valence-corrected chi connectivity index (χ2v) is 3.26. The summed E-state index contributed by atoms with van der Waals surface area (Å²) in [7, 11) is 1.55. The van der Waals surface area contributed by atoms with E-state index in [9.17, 15) is 13.2 Å². The Bertz CT molecular complexity index is 489. The van der Waals surface area contributed by atoms with Gasteiger partial charge < -0.3 is 9.55 Å². The van der Waals surface area contributed by atoms with Crippen LogP contribution in [0.4, 0.5) is 13.2 Å². The third-order valence-electron chi connectivity index (χ3n) is 1.88. The van der Waals surface area contributed by atoms with E-state index in [1.54, 1.807) is 25.4 Å². The quantitative estimate of drug-likeness (QED) is 0.757. The first-order valence-corrected chi connectivity index (χ1v) is 4.66. The fraction of sp³-hybridized carbons (Fsp3) is 0.182. The molecule has 6 heteroatoms. The predicted octanol–water partition coefficient (Wildman–Crippen LogP) is 2.93. The van der Waals surface area contributed by atoms with E-state index >= 15 is 0 Å². The van der Waals surface area contributed by atoms with Gasteiger partial charge in [0.15, 0.2) is 0 Å². The van der Waals surface area contributed by atoms with E-state index in [-0.39, 0.29) is 0 Å². The fourth-order valence-corrected chi connectivity index (χ4v) is 1.07. The molecule has 0 aliphatic heterocycles. The van der Waals surface area contributed by atoms with Crippen LogP contribution in [0.2, 0.25) is 0 Å². The molecule has 3 nitrogen and oxygen atoms in total. The molecule has 0 atom stereocenters. The van der Waals surface area contributed by atoms with Gasteiger partial charge in [0.25, 0.3) is 0 Å². The van der Waals surface area contributed by atoms with Gasteiger partial charge in [-0.15, -0.1) is 0 Å². The molecule has 0 spiro atoms. The fourth-order valence-electron chi connectivity index (χ4n) is 1.07. The Morgan fingerprint density at radius 3 is 2.29 bits per heavy atom. The maximum atomic E-state index is 11.8. The molecule has 2 rings (SSSR count). The van der Waals surface area contributed by atoms with Gasteiger partial charge in [-0.3, -0.25) is 0 Å². The summed E-state index contributed by atoms with van der Waals surface area (Å²) in [5, 5.41) is 8.15. The number of H-pyrrole nitrogens is 1. The van der Waals surface area contributed by atoms with Crippen molar-refractivity contribution in [2.24, 2.45) is 7.05 Å². The number of hydrogen-bond acceptors (Lipinski definition) is 1. The van der Waals surface area contributed by atoms with Crippen molar-refractivity contribution >= 4 is 0 Å². The zero-order valence-corrected chi connectivity index (χ0v) is 8.99. The summed E-state index contributed by atoms with van der Waals surface area (Å²) < 4.78 is 36.7. The highest BCUT2D eigenvalue weighted by molar-refractivity contribution is 5.18. The predicted molar refractivity (Wildman–Crippen MR) is 55.9 cm³/mol. The lowest BCUT2D eigenvalue weighted by atomic mass is 10.3. The summed E-state index contributed by atoms with van der Waals surface area (Å²) in [5.74, 6) is 0. The molecular formula is C11H10F3N3. The molecule has 17 heavy (non-hydrogen) atoms. The van der Waals surface area contributed by atoms with Crippen LogP contribution in [0.3, 0.4) is 0 Å². The van der Waals surface area contributed by atoms with Crippen molar-refractivity contribution in [2.75, 3.05) is 0 Å². The minimum Gasteiger partial charge on any atom is -0.357 e. The number of aromatic nitrogens is 2. The van der Waals surface area contributed by atoms with E-state index in [0.29, 0.717) is 5.69 Å². The van der Waals surface area contributed by atoms with Crippen molar-refractivity contribution in [1.29, 1.82) is 5.26 Å². The van der Waals surface area contributed by atoms with Gasteiger partial charge in [-0.05, 0) is 18.2 Å². The van der Waals surface area contributed by atoms with Crippen molar-refractivity contribution in [3.05, 3.63) is 48.0 Å². The lowest BCUT2D eigenvalue weighted by Gasteiger charge is -2.00. The van der Waals surface area contributed by atoms with E-state index in [2.05, 4.69) is 4.98 Å². The van der Waals surface area contributed by atoms with Gasteiger partial charge in [0.2, 0.25) is 0 Å². The average molecular weight is 241 g/mol. The molecule has 0 aliphatic rings. The molecule has 0 saturated heterocycles. The normalized spacial score (nSPS) is 10.3. The van der Waals surface area contributed by atoms with Gasteiger partial charge in [-0.2, -0.15) is 18.4 Å². The van der Waals surface area contributed by atoms with Crippen molar-refractivity contribution in [2.45, 2.75) is 6.18 Å². The smallest absolute Gasteiger partial charge is 0.357 e. The summed E-state index contributed by atoms with van der Waals surface area (Å²) >= 11 is 0. The van der Waals surface area contributed by atoms with Gasteiger partial charge in [0, 0.05) is 25.6 Å². The van der Waals surface area contributed by atoms with E-state index in [1.807, 2.05) is 6.07 Å². The minimum atomic E-state index is -4.21. The van der Waals surface area contributed by atoms with Crippen LogP contribution < -0.4 is 0 Å². The third kappa shape index (κ3) is 4.07. The average Bonchev–Trinajstić information content (AvgIpc) is 2.87. The molecular weight excluding hydrogens is 231 g/mol. The molecule has 0 saturated carbocycles. The molecule has 90 valence electrons. The van der Waals surface area contributed by atoms with Crippen molar-refractivity contribution < 1.29 is 13.2 Å². The second-order valence-electron chi connectivity index (χ2n) is 3.26. The highest BCUT2D eigenvalue weighted by atomic mass is 19.4. The number of nitrogens with zero attached hydrogens (tertiary/aromatic N) is 2. The number of aryl methyl sites for hydroxylation is 1. The highest BCUT2D eigenvalue weighted by Gasteiger charge is 2.30. The Balaban J connectivity index is 0.000000181. The first kappa shape index (κ1) is 12.9. The van der Waals surface area contributed by atoms with Gasteiger partial charge >= 0.3 is 6.18 Å². The summed E-state index contributed by atoms with van der Waals surface area (Å²) in [6, 6.07) is 6.51. The Labute approximate surface area is 96.1 Å². The molecule has 0 fully saturated rings. The van der Waals surface area contributed by atoms with E-state index in [4.69, 9.17) is 5.26 Å². The summed E-state index contributed by atoms with van der Waals surface area (Å²) in [4.78, 5) is 2.73. The minimum absolute atomic E-state index is 0.602. The SMILES string of the molecule is Cn1ccc(C(F)(F)F)c1.N#Cc1ccc[nH]1. The Hall–Kier alpha value is -2.16. The lowest BCUT2D eigenvalue weighted by molar-refractivity contribution is -0.137. The van der Waals surface area contributed by atoms with Crippen LogP contribution >= 0.6 is 0 Å². The molecule has 2 aromatic rings. The lowest BCUT2D eigenvalue weighted by Crippen LogP contribution is -2.02. The summed E-state index contributed by atoms with van der Waals surface area (Å²) in [6.07, 6.45) is -0.0807. The van der Waals surface area contributed by atoms with Crippen LogP contribution in [0.15, 0.2) is 36.8 Å². The molecule has 0 radical (unpaired) electrons. The number of rotatable bonds is 0. The molecule has 2 heterocycles. The van der Waals surface area contributed by atoms with E-state index < -0.39 is 11.7 Å². The van der Waals surface area contributed by atoms with Gasteiger partial charge in [0.05, 0.1) is 5.56 Å². The topological polar surface area (TPSA) is 44.5 Å². The number of aromatic amines is 1. The summed E-state index contributed by atoms with van der Waals surface area (Å²) in [5.41, 5.74) is 0.00926.